The van der Waals surface area contributed by atoms with Gasteiger partial charge in [-0.1, -0.05) is 11.6 Å². The highest BCUT2D eigenvalue weighted by molar-refractivity contribution is 6.30. The van der Waals surface area contributed by atoms with Crippen LogP contribution in [0.1, 0.15) is 11.7 Å². The molecule has 0 aliphatic heterocycles. The fourth-order valence-electron chi connectivity index (χ4n) is 0.908. The lowest BCUT2D eigenvalue weighted by Gasteiger charge is -2.11. The Labute approximate surface area is 75.5 Å². The minimum absolute atomic E-state index is 0.346. The van der Waals surface area contributed by atoms with Gasteiger partial charge in [-0.2, -0.15) is 0 Å². The van der Waals surface area contributed by atoms with Gasteiger partial charge in [-0.15, -0.1) is 0 Å². The van der Waals surface area contributed by atoms with Crippen molar-refractivity contribution in [2.24, 2.45) is 5.73 Å². The van der Waals surface area contributed by atoms with E-state index in [4.69, 9.17) is 17.3 Å². The molecule has 1 unspecified atom stereocenters. The summed E-state index contributed by atoms with van der Waals surface area (Å²) in [6.07, 6.45) is -0.510. The maximum absolute atomic E-state index is 13.0. The first-order valence-corrected chi connectivity index (χ1v) is 3.90. The van der Waals surface area contributed by atoms with Gasteiger partial charge in [-0.3, -0.25) is 0 Å². The summed E-state index contributed by atoms with van der Waals surface area (Å²) in [6.45, 7) is 0. The van der Waals surface area contributed by atoms with Gasteiger partial charge in [-0.05, 0) is 25.2 Å². The molecule has 2 nitrogen and oxygen atoms in total. The van der Waals surface area contributed by atoms with Crippen molar-refractivity contribution >= 4 is 11.6 Å². The minimum Gasteiger partial charge on any atom is -0.312 e. The van der Waals surface area contributed by atoms with Crippen LogP contribution in [0.5, 0.6) is 0 Å². The molecule has 1 rings (SSSR count). The zero-order chi connectivity index (χ0) is 9.14. The van der Waals surface area contributed by atoms with E-state index < -0.39 is 6.17 Å². The zero-order valence-corrected chi connectivity index (χ0v) is 7.40. The summed E-state index contributed by atoms with van der Waals surface area (Å²) in [4.78, 5) is 0. The van der Waals surface area contributed by atoms with E-state index >= 15 is 0 Å². The molecule has 0 saturated carbocycles. The monoisotopic (exact) mass is 188 g/mol. The SMILES string of the molecule is CNC(N)c1cc(Cl)ccc1F. The Morgan fingerprint density at radius 2 is 2.25 bits per heavy atom. The molecule has 12 heavy (non-hydrogen) atoms. The lowest BCUT2D eigenvalue weighted by molar-refractivity contribution is 0.549. The van der Waals surface area contributed by atoms with Crippen molar-refractivity contribution in [1.82, 2.24) is 5.32 Å². The average Bonchev–Trinajstić information content (AvgIpc) is 2.08. The molecule has 0 fully saturated rings. The van der Waals surface area contributed by atoms with Crippen LogP contribution in [0.3, 0.4) is 0 Å². The van der Waals surface area contributed by atoms with E-state index in [1.165, 1.54) is 18.2 Å². The molecule has 0 amide bonds. The van der Waals surface area contributed by atoms with Crippen LogP contribution in [0.15, 0.2) is 18.2 Å². The number of nitrogens with two attached hydrogens (primary N) is 1. The first-order valence-electron chi connectivity index (χ1n) is 3.53. The molecule has 0 heterocycles. The summed E-state index contributed by atoms with van der Waals surface area (Å²) in [5, 5.41) is 3.21. The van der Waals surface area contributed by atoms with Gasteiger partial charge in [0.1, 0.15) is 5.82 Å². The molecule has 4 heteroatoms. The Morgan fingerprint density at radius 3 is 2.83 bits per heavy atom. The van der Waals surface area contributed by atoms with Crippen LogP contribution in [-0.2, 0) is 0 Å². The molecular weight excluding hydrogens is 179 g/mol. The van der Waals surface area contributed by atoms with E-state index in [2.05, 4.69) is 5.32 Å². The average molecular weight is 189 g/mol. The third kappa shape index (κ3) is 1.94. The Kier molecular flexibility index (Phi) is 3.03. The third-order valence-corrected chi connectivity index (χ3v) is 1.84. The molecule has 0 aliphatic rings. The molecule has 1 aromatic carbocycles. The molecule has 0 aromatic heterocycles. The van der Waals surface area contributed by atoms with Crippen molar-refractivity contribution in [1.29, 1.82) is 0 Å². The lowest BCUT2D eigenvalue weighted by atomic mass is 10.1. The molecular formula is C8H10ClFN2. The largest absolute Gasteiger partial charge is 0.312 e. The van der Waals surface area contributed by atoms with Crippen LogP contribution < -0.4 is 11.1 Å². The van der Waals surface area contributed by atoms with Gasteiger partial charge < -0.3 is 11.1 Å². The van der Waals surface area contributed by atoms with Crippen molar-refractivity contribution in [3.8, 4) is 0 Å². The zero-order valence-electron chi connectivity index (χ0n) is 6.64. The van der Waals surface area contributed by atoms with Crippen LogP contribution >= 0.6 is 11.6 Å². The first-order chi connectivity index (χ1) is 5.65. The fourth-order valence-corrected chi connectivity index (χ4v) is 1.09. The van der Waals surface area contributed by atoms with Crippen LogP contribution in [0.4, 0.5) is 4.39 Å². The van der Waals surface area contributed by atoms with Crippen LogP contribution in [-0.4, -0.2) is 7.05 Å². The highest BCUT2D eigenvalue weighted by Crippen LogP contribution is 2.18. The molecule has 66 valence electrons. The van der Waals surface area contributed by atoms with Gasteiger partial charge in [0, 0.05) is 10.6 Å². The van der Waals surface area contributed by atoms with Crippen molar-refractivity contribution in [2.45, 2.75) is 6.17 Å². The van der Waals surface area contributed by atoms with Crippen molar-refractivity contribution in [2.75, 3.05) is 7.05 Å². The van der Waals surface area contributed by atoms with Gasteiger partial charge >= 0.3 is 0 Å². The number of hydrogen-bond donors (Lipinski definition) is 2. The Balaban J connectivity index is 3.04. The molecule has 0 radical (unpaired) electrons. The second-order valence-corrected chi connectivity index (χ2v) is 2.87. The molecule has 0 saturated heterocycles. The number of nitrogens with one attached hydrogen (secondary N) is 1. The predicted molar refractivity (Wildman–Crippen MR) is 47.4 cm³/mol. The van der Waals surface area contributed by atoms with E-state index in [1.807, 2.05) is 0 Å². The van der Waals surface area contributed by atoms with Crippen molar-refractivity contribution in [3.05, 3.63) is 34.6 Å². The second-order valence-electron chi connectivity index (χ2n) is 2.43. The van der Waals surface area contributed by atoms with Crippen LogP contribution in [0.2, 0.25) is 5.02 Å². The van der Waals surface area contributed by atoms with Gasteiger partial charge in [0.2, 0.25) is 0 Å². The second kappa shape index (κ2) is 3.85. The summed E-state index contributed by atoms with van der Waals surface area (Å²) >= 11 is 5.67. The smallest absolute Gasteiger partial charge is 0.129 e. The summed E-state index contributed by atoms with van der Waals surface area (Å²) in [6, 6.07) is 4.30. The van der Waals surface area contributed by atoms with E-state index in [0.29, 0.717) is 10.6 Å². The molecule has 1 atom stereocenters. The van der Waals surface area contributed by atoms with Crippen molar-refractivity contribution in [3.63, 3.8) is 0 Å². The summed E-state index contributed by atoms with van der Waals surface area (Å²) in [7, 11) is 1.66. The number of rotatable bonds is 2. The lowest BCUT2D eigenvalue weighted by Crippen LogP contribution is -2.25. The van der Waals surface area contributed by atoms with Crippen LogP contribution in [0, 0.1) is 5.82 Å². The predicted octanol–water partition coefficient (Wildman–Crippen LogP) is 1.66. The minimum atomic E-state index is -0.510. The Bertz CT molecular complexity index is 278. The van der Waals surface area contributed by atoms with E-state index in [0.717, 1.165) is 0 Å². The van der Waals surface area contributed by atoms with Gasteiger partial charge in [0.25, 0.3) is 0 Å². The quantitative estimate of drug-likeness (QED) is 0.693. The van der Waals surface area contributed by atoms with E-state index in [-0.39, 0.29) is 5.82 Å². The number of halogens is 2. The van der Waals surface area contributed by atoms with E-state index in [1.54, 1.807) is 7.05 Å². The molecule has 1 aromatic rings. The maximum Gasteiger partial charge on any atom is 0.129 e. The van der Waals surface area contributed by atoms with Gasteiger partial charge in [-0.25, -0.2) is 4.39 Å². The standard InChI is InChI=1S/C8H10ClFN2/c1-12-8(11)6-4-5(9)2-3-7(6)10/h2-4,8,12H,11H2,1H3. The highest BCUT2D eigenvalue weighted by atomic mass is 35.5. The van der Waals surface area contributed by atoms with Crippen LogP contribution in [0.25, 0.3) is 0 Å². The highest BCUT2D eigenvalue weighted by Gasteiger charge is 2.08. The summed E-state index contributed by atoms with van der Waals surface area (Å²) in [5.74, 6) is -0.346. The first kappa shape index (κ1) is 9.45. The Hall–Kier alpha value is -0.640. The summed E-state index contributed by atoms with van der Waals surface area (Å²) < 4.78 is 13.0. The topological polar surface area (TPSA) is 38.0 Å². The maximum atomic E-state index is 13.0. The van der Waals surface area contributed by atoms with Gasteiger partial charge in [0.05, 0.1) is 6.17 Å². The summed E-state index contributed by atoms with van der Waals surface area (Å²) in [5.41, 5.74) is 5.93. The molecule has 0 spiro atoms. The number of hydrogen-bond acceptors (Lipinski definition) is 2. The Morgan fingerprint density at radius 1 is 1.58 bits per heavy atom. The fraction of sp³-hybridized carbons (Fsp3) is 0.250. The number of benzene rings is 1. The van der Waals surface area contributed by atoms with Crippen molar-refractivity contribution < 1.29 is 4.39 Å². The molecule has 0 bridgehead atoms. The van der Waals surface area contributed by atoms with E-state index in [9.17, 15) is 4.39 Å². The molecule has 0 aliphatic carbocycles. The normalized spacial score (nSPS) is 13.0. The molecule has 3 N–H and O–H groups in total. The van der Waals surface area contributed by atoms with Gasteiger partial charge in [0.15, 0.2) is 0 Å². The third-order valence-electron chi connectivity index (χ3n) is 1.60.